The number of fused-ring (bicyclic) bond motifs is 1. The van der Waals surface area contributed by atoms with E-state index in [0.717, 1.165) is 0 Å². The minimum Gasteiger partial charge on any atom is -0.399 e. The monoisotopic (exact) mass is 313 g/mol. The first-order chi connectivity index (χ1) is 9.19. The molecule has 20 heavy (non-hydrogen) atoms. The Kier molecular flexibility index (Phi) is 3.55. The molecule has 0 saturated heterocycles. The molecule has 0 fully saturated rings. The minimum atomic E-state index is -4.51. The maximum atomic E-state index is 12.1. The molecule has 0 bridgehead atoms. The summed E-state index contributed by atoms with van der Waals surface area (Å²) in [5.41, 5.74) is 6.02. The fourth-order valence-corrected chi connectivity index (χ4v) is 3.77. The molecule has 6 nitrogen and oxygen atoms in total. The SMILES string of the molecule is Nc1ccc2cccc(S(=O)(=O)C=CS(=O)(=O)O)c2c1. The number of benzene rings is 2. The number of sulfone groups is 1. The molecule has 2 rings (SSSR count). The highest BCUT2D eigenvalue weighted by Gasteiger charge is 2.15. The van der Waals surface area contributed by atoms with Crippen molar-refractivity contribution >= 4 is 36.4 Å². The van der Waals surface area contributed by atoms with Gasteiger partial charge in [-0.3, -0.25) is 4.55 Å². The molecule has 0 aromatic heterocycles. The summed E-state index contributed by atoms with van der Waals surface area (Å²) in [5.74, 6) is 0. The number of anilines is 1. The molecule has 0 unspecified atom stereocenters. The number of hydrogen-bond acceptors (Lipinski definition) is 5. The average Bonchev–Trinajstić information content (AvgIpc) is 2.35. The van der Waals surface area contributed by atoms with Crippen molar-refractivity contribution < 1.29 is 21.4 Å². The number of nitrogens with two attached hydrogens (primary N) is 1. The predicted molar refractivity (Wildman–Crippen MR) is 76.2 cm³/mol. The van der Waals surface area contributed by atoms with Gasteiger partial charge in [0.1, 0.15) is 0 Å². The van der Waals surface area contributed by atoms with Gasteiger partial charge in [-0.25, -0.2) is 8.42 Å². The van der Waals surface area contributed by atoms with E-state index in [2.05, 4.69) is 0 Å². The molecule has 106 valence electrons. The van der Waals surface area contributed by atoms with E-state index >= 15 is 0 Å². The normalized spacial score (nSPS) is 13.1. The lowest BCUT2D eigenvalue weighted by Gasteiger charge is -2.05. The van der Waals surface area contributed by atoms with Gasteiger partial charge in [0.05, 0.1) is 10.3 Å². The zero-order valence-corrected chi connectivity index (χ0v) is 11.7. The Bertz CT molecular complexity index is 899. The third-order valence-electron chi connectivity index (χ3n) is 2.58. The molecule has 2 aromatic rings. The van der Waals surface area contributed by atoms with E-state index in [1.54, 1.807) is 18.2 Å². The Hall–Kier alpha value is -1.90. The van der Waals surface area contributed by atoms with Crippen LogP contribution in [-0.4, -0.2) is 21.4 Å². The Morgan fingerprint density at radius 1 is 1.00 bits per heavy atom. The average molecular weight is 313 g/mol. The predicted octanol–water partition coefficient (Wildman–Crippen LogP) is 1.55. The summed E-state index contributed by atoms with van der Waals surface area (Å²) in [6.45, 7) is 0. The van der Waals surface area contributed by atoms with Crippen molar-refractivity contribution in [3.8, 4) is 0 Å². The van der Waals surface area contributed by atoms with E-state index in [-0.39, 0.29) is 10.3 Å². The molecule has 0 aliphatic heterocycles. The Balaban J connectivity index is 2.69. The maximum Gasteiger partial charge on any atom is 0.288 e. The van der Waals surface area contributed by atoms with Crippen molar-refractivity contribution in [3.63, 3.8) is 0 Å². The molecule has 2 aromatic carbocycles. The summed E-state index contributed by atoms with van der Waals surface area (Å²) in [7, 11) is -8.52. The van der Waals surface area contributed by atoms with Crippen LogP contribution >= 0.6 is 0 Å². The molecule has 8 heteroatoms. The van der Waals surface area contributed by atoms with Gasteiger partial charge in [0.15, 0.2) is 0 Å². The Morgan fingerprint density at radius 2 is 1.70 bits per heavy atom. The molecule has 0 saturated carbocycles. The van der Waals surface area contributed by atoms with E-state index in [4.69, 9.17) is 10.3 Å². The van der Waals surface area contributed by atoms with Gasteiger partial charge in [-0.15, -0.1) is 0 Å². The minimum absolute atomic E-state index is 0.0813. The fraction of sp³-hybridized carbons (Fsp3) is 0. The van der Waals surface area contributed by atoms with Crippen LogP contribution in [0.1, 0.15) is 0 Å². The topological polar surface area (TPSA) is 115 Å². The van der Waals surface area contributed by atoms with Crippen LogP contribution in [0.15, 0.2) is 52.1 Å². The largest absolute Gasteiger partial charge is 0.399 e. The summed E-state index contributed by atoms with van der Waals surface area (Å²) in [4.78, 5) is -0.0813. The van der Waals surface area contributed by atoms with E-state index in [1.165, 1.54) is 18.2 Å². The van der Waals surface area contributed by atoms with Crippen molar-refractivity contribution in [2.75, 3.05) is 5.73 Å². The molecule has 0 aliphatic rings. The lowest BCUT2D eigenvalue weighted by molar-refractivity contribution is 0.494. The number of rotatable bonds is 3. The highest BCUT2D eigenvalue weighted by molar-refractivity contribution is 7.96. The molecular formula is C12H11NO5S2. The van der Waals surface area contributed by atoms with Gasteiger partial charge in [0, 0.05) is 16.5 Å². The zero-order valence-electron chi connectivity index (χ0n) is 10.1. The van der Waals surface area contributed by atoms with Crippen LogP contribution in [0.3, 0.4) is 0 Å². The van der Waals surface area contributed by atoms with Crippen LogP contribution in [0.5, 0.6) is 0 Å². The van der Waals surface area contributed by atoms with Gasteiger partial charge in [-0.2, -0.15) is 8.42 Å². The summed E-state index contributed by atoms with van der Waals surface area (Å²) in [6.07, 6.45) is 0. The van der Waals surface area contributed by atoms with Crippen LogP contribution in [0.2, 0.25) is 0 Å². The third kappa shape index (κ3) is 3.16. The first-order valence-corrected chi connectivity index (χ1v) is 8.43. The molecular weight excluding hydrogens is 302 g/mol. The van der Waals surface area contributed by atoms with Crippen molar-refractivity contribution in [2.24, 2.45) is 0 Å². The number of hydrogen-bond donors (Lipinski definition) is 2. The molecule has 0 spiro atoms. The van der Waals surface area contributed by atoms with E-state index in [0.29, 0.717) is 21.9 Å². The Morgan fingerprint density at radius 3 is 2.35 bits per heavy atom. The smallest absolute Gasteiger partial charge is 0.288 e. The lowest BCUT2D eigenvalue weighted by atomic mass is 10.1. The first-order valence-electron chi connectivity index (χ1n) is 5.38. The van der Waals surface area contributed by atoms with Gasteiger partial charge in [-0.1, -0.05) is 18.2 Å². The zero-order chi connectivity index (χ0) is 15.0. The maximum absolute atomic E-state index is 12.1. The molecule has 0 amide bonds. The first kappa shape index (κ1) is 14.5. The molecule has 0 radical (unpaired) electrons. The summed E-state index contributed by atoms with van der Waals surface area (Å²) < 4.78 is 54.0. The van der Waals surface area contributed by atoms with Crippen molar-refractivity contribution in [1.82, 2.24) is 0 Å². The van der Waals surface area contributed by atoms with Crippen LogP contribution in [0.25, 0.3) is 10.8 Å². The number of nitrogen functional groups attached to an aromatic ring is 1. The van der Waals surface area contributed by atoms with Crippen LogP contribution in [0, 0.1) is 0 Å². The quantitative estimate of drug-likeness (QED) is 0.656. The van der Waals surface area contributed by atoms with Crippen molar-refractivity contribution in [2.45, 2.75) is 4.90 Å². The molecule has 0 aliphatic carbocycles. The van der Waals surface area contributed by atoms with Gasteiger partial charge < -0.3 is 5.73 Å². The fourth-order valence-electron chi connectivity index (χ4n) is 1.73. The van der Waals surface area contributed by atoms with E-state index in [1.807, 2.05) is 0 Å². The van der Waals surface area contributed by atoms with Gasteiger partial charge >= 0.3 is 0 Å². The molecule has 0 atom stereocenters. The van der Waals surface area contributed by atoms with Crippen LogP contribution in [-0.2, 0) is 20.0 Å². The second kappa shape index (κ2) is 4.89. The van der Waals surface area contributed by atoms with Crippen molar-refractivity contribution in [1.29, 1.82) is 0 Å². The van der Waals surface area contributed by atoms with Gasteiger partial charge in [0.2, 0.25) is 9.84 Å². The third-order valence-corrected chi connectivity index (χ3v) is 4.70. The standard InChI is InChI=1S/C12H11NO5S2/c13-10-5-4-9-2-1-3-12(11(9)8-10)19(14,15)6-7-20(16,17)18/h1-8H,13H2,(H,16,17,18). The highest BCUT2D eigenvalue weighted by Crippen LogP contribution is 2.26. The second-order valence-corrected chi connectivity index (χ2v) is 7.17. The second-order valence-electron chi connectivity index (χ2n) is 4.07. The molecule has 3 N–H and O–H groups in total. The van der Waals surface area contributed by atoms with Crippen LogP contribution < -0.4 is 5.73 Å². The van der Waals surface area contributed by atoms with Crippen LogP contribution in [0.4, 0.5) is 5.69 Å². The van der Waals surface area contributed by atoms with E-state index < -0.39 is 20.0 Å². The highest BCUT2D eigenvalue weighted by atomic mass is 32.2. The lowest BCUT2D eigenvalue weighted by Crippen LogP contribution is -2.00. The summed E-state index contributed by atoms with van der Waals surface area (Å²) >= 11 is 0. The van der Waals surface area contributed by atoms with Gasteiger partial charge in [-0.05, 0) is 23.6 Å². The summed E-state index contributed by atoms with van der Waals surface area (Å²) in [6, 6.07) is 9.37. The molecule has 0 heterocycles. The van der Waals surface area contributed by atoms with E-state index in [9.17, 15) is 16.8 Å². The summed E-state index contributed by atoms with van der Waals surface area (Å²) in [5, 5.41) is 1.71. The Labute approximate surface area is 116 Å². The van der Waals surface area contributed by atoms with Crippen molar-refractivity contribution in [3.05, 3.63) is 47.2 Å². The van der Waals surface area contributed by atoms with Gasteiger partial charge in [0.25, 0.3) is 10.1 Å².